The first-order valence-corrected chi connectivity index (χ1v) is 10.8. The first-order chi connectivity index (χ1) is 15.1. The average molecular weight is 426 g/mol. The number of thiophene rings is 1. The van der Waals surface area contributed by atoms with Crippen molar-refractivity contribution >= 4 is 45.2 Å². The monoisotopic (exact) mass is 425 g/mol. The van der Waals surface area contributed by atoms with E-state index in [1.807, 2.05) is 85.1 Å². The highest BCUT2D eigenvalue weighted by Crippen LogP contribution is 2.44. The Bertz CT molecular complexity index is 1350. The summed E-state index contributed by atoms with van der Waals surface area (Å²) < 4.78 is 0. The number of para-hydroxylation sites is 1. The van der Waals surface area contributed by atoms with Crippen LogP contribution in [0.1, 0.15) is 22.0 Å². The molecule has 5 heteroatoms. The number of Topliss-reactive ketones (excluding diaryl/α,β-unsaturated/α-hetero) is 1. The topological polar surface area (TPSA) is 57.6 Å². The fourth-order valence-corrected chi connectivity index (χ4v) is 4.95. The molecule has 31 heavy (non-hydrogen) atoms. The van der Waals surface area contributed by atoms with E-state index in [9.17, 15) is 14.7 Å². The molecule has 1 aliphatic heterocycles. The van der Waals surface area contributed by atoms with E-state index in [1.54, 1.807) is 6.07 Å². The Morgan fingerprint density at radius 1 is 0.903 bits per heavy atom. The number of nitrogens with zero attached hydrogens (tertiary/aromatic N) is 1. The smallest absolute Gasteiger partial charge is 0.300 e. The molecular weight excluding hydrogens is 406 g/mol. The molecule has 0 radical (unpaired) electrons. The summed E-state index contributed by atoms with van der Waals surface area (Å²) in [5.74, 6) is -1.46. The van der Waals surface area contributed by atoms with E-state index < -0.39 is 17.7 Å². The van der Waals surface area contributed by atoms with E-state index in [0.29, 0.717) is 11.3 Å². The first kappa shape index (κ1) is 19.3. The molecule has 1 atom stereocenters. The quantitative estimate of drug-likeness (QED) is 0.255. The van der Waals surface area contributed by atoms with Crippen LogP contribution in [0, 0.1) is 6.92 Å². The van der Waals surface area contributed by atoms with Gasteiger partial charge in [-0.05, 0) is 46.8 Å². The number of aliphatic hydroxyl groups excluding tert-OH is 1. The van der Waals surface area contributed by atoms with Crippen LogP contribution in [0.15, 0.2) is 89.8 Å². The Balaban J connectivity index is 1.73. The highest BCUT2D eigenvalue weighted by molar-refractivity contribution is 7.10. The lowest BCUT2D eigenvalue weighted by Gasteiger charge is -2.25. The second-order valence-corrected chi connectivity index (χ2v) is 8.51. The van der Waals surface area contributed by atoms with Gasteiger partial charge in [0.2, 0.25) is 0 Å². The van der Waals surface area contributed by atoms with Gasteiger partial charge < -0.3 is 5.11 Å². The van der Waals surface area contributed by atoms with Gasteiger partial charge in [0, 0.05) is 16.1 Å². The molecule has 1 aliphatic rings. The number of fused-ring (bicyclic) bond motifs is 1. The summed E-state index contributed by atoms with van der Waals surface area (Å²) in [6, 6.07) is 23.9. The molecule has 152 valence electrons. The first-order valence-electron chi connectivity index (χ1n) is 9.95. The lowest BCUT2D eigenvalue weighted by atomic mass is 9.98. The molecule has 0 aliphatic carbocycles. The number of aliphatic hydroxyl groups is 1. The molecule has 1 aromatic heterocycles. The van der Waals surface area contributed by atoms with Crippen LogP contribution in [0.3, 0.4) is 0 Å². The molecule has 1 fully saturated rings. The van der Waals surface area contributed by atoms with Crippen molar-refractivity contribution in [1.82, 2.24) is 0 Å². The van der Waals surface area contributed by atoms with E-state index in [-0.39, 0.29) is 11.3 Å². The zero-order chi connectivity index (χ0) is 21.5. The molecule has 0 bridgehead atoms. The average Bonchev–Trinajstić information content (AvgIpc) is 3.41. The van der Waals surface area contributed by atoms with Crippen LogP contribution in [0.2, 0.25) is 0 Å². The van der Waals surface area contributed by atoms with E-state index in [0.717, 1.165) is 21.2 Å². The van der Waals surface area contributed by atoms with Crippen LogP contribution in [-0.4, -0.2) is 16.8 Å². The van der Waals surface area contributed by atoms with Gasteiger partial charge in [0.15, 0.2) is 0 Å². The molecule has 1 N–H and O–H groups in total. The van der Waals surface area contributed by atoms with Crippen molar-refractivity contribution in [2.24, 2.45) is 0 Å². The number of benzene rings is 3. The van der Waals surface area contributed by atoms with Gasteiger partial charge in [-0.3, -0.25) is 14.5 Å². The van der Waals surface area contributed by atoms with Crippen molar-refractivity contribution in [2.45, 2.75) is 13.0 Å². The van der Waals surface area contributed by atoms with Crippen LogP contribution in [-0.2, 0) is 9.59 Å². The van der Waals surface area contributed by atoms with Gasteiger partial charge in [-0.1, -0.05) is 60.7 Å². The van der Waals surface area contributed by atoms with E-state index in [4.69, 9.17) is 0 Å². The minimum Gasteiger partial charge on any atom is -0.507 e. The van der Waals surface area contributed by atoms with Crippen molar-refractivity contribution in [3.63, 3.8) is 0 Å². The van der Waals surface area contributed by atoms with Crippen LogP contribution < -0.4 is 4.90 Å². The molecule has 0 saturated carbocycles. The van der Waals surface area contributed by atoms with Gasteiger partial charge in [-0.2, -0.15) is 0 Å². The maximum absolute atomic E-state index is 13.2. The molecule has 4 nitrogen and oxygen atoms in total. The third kappa shape index (κ3) is 3.14. The fourth-order valence-electron chi connectivity index (χ4n) is 4.12. The van der Waals surface area contributed by atoms with Gasteiger partial charge >= 0.3 is 0 Å². The number of carbonyl (C=O) groups is 2. The summed E-state index contributed by atoms with van der Waals surface area (Å²) >= 11 is 1.46. The number of anilines is 1. The van der Waals surface area contributed by atoms with Crippen LogP contribution >= 0.6 is 11.3 Å². The van der Waals surface area contributed by atoms with Crippen molar-refractivity contribution in [1.29, 1.82) is 0 Å². The van der Waals surface area contributed by atoms with Crippen molar-refractivity contribution in [3.8, 4) is 0 Å². The van der Waals surface area contributed by atoms with Crippen molar-refractivity contribution < 1.29 is 14.7 Å². The summed E-state index contributed by atoms with van der Waals surface area (Å²) in [5.41, 5.74) is 2.19. The predicted molar refractivity (Wildman–Crippen MR) is 124 cm³/mol. The summed E-state index contributed by atoms with van der Waals surface area (Å²) in [6.07, 6.45) is 0. The number of hydrogen-bond donors (Lipinski definition) is 1. The third-order valence-electron chi connectivity index (χ3n) is 5.65. The summed E-state index contributed by atoms with van der Waals surface area (Å²) in [5, 5.41) is 15.1. The molecule has 3 aromatic carbocycles. The third-order valence-corrected chi connectivity index (χ3v) is 6.58. The zero-order valence-corrected chi connectivity index (χ0v) is 17.6. The normalized spacial score (nSPS) is 18.1. The Hall–Kier alpha value is -3.70. The van der Waals surface area contributed by atoms with Gasteiger partial charge in [0.25, 0.3) is 11.7 Å². The molecule has 1 saturated heterocycles. The lowest BCUT2D eigenvalue weighted by molar-refractivity contribution is -0.132. The molecule has 1 unspecified atom stereocenters. The molecule has 5 rings (SSSR count). The highest BCUT2D eigenvalue weighted by atomic mass is 32.1. The zero-order valence-electron chi connectivity index (χ0n) is 16.8. The summed E-state index contributed by atoms with van der Waals surface area (Å²) in [7, 11) is 0. The Morgan fingerprint density at radius 2 is 1.65 bits per heavy atom. The predicted octanol–water partition coefficient (Wildman–Crippen LogP) is 5.84. The van der Waals surface area contributed by atoms with Gasteiger partial charge in [0.05, 0.1) is 5.57 Å². The Kier molecular flexibility index (Phi) is 4.68. The van der Waals surface area contributed by atoms with Crippen molar-refractivity contribution in [3.05, 3.63) is 106 Å². The molecule has 2 heterocycles. The van der Waals surface area contributed by atoms with E-state index in [1.165, 1.54) is 16.2 Å². The van der Waals surface area contributed by atoms with E-state index >= 15 is 0 Å². The molecule has 0 spiro atoms. The largest absolute Gasteiger partial charge is 0.507 e. The van der Waals surface area contributed by atoms with Gasteiger partial charge in [0.1, 0.15) is 11.8 Å². The number of amides is 1. The number of hydrogen-bond acceptors (Lipinski definition) is 4. The van der Waals surface area contributed by atoms with Gasteiger partial charge in [-0.25, -0.2) is 0 Å². The SMILES string of the molecule is Cc1ccccc1N1C(=O)C(=O)/C(=C(\O)c2ccc3ccccc3c2)C1c1cccs1. The second-order valence-electron chi connectivity index (χ2n) is 7.53. The fraction of sp³-hybridized carbons (Fsp3) is 0.0769. The second kappa shape index (κ2) is 7.52. The number of carbonyl (C=O) groups excluding carboxylic acids is 2. The summed E-state index contributed by atoms with van der Waals surface area (Å²) in [4.78, 5) is 28.7. The maximum atomic E-state index is 13.2. The van der Waals surface area contributed by atoms with Crippen LogP contribution in [0.5, 0.6) is 0 Å². The molecule has 4 aromatic rings. The van der Waals surface area contributed by atoms with Crippen LogP contribution in [0.25, 0.3) is 16.5 Å². The minimum atomic E-state index is -0.674. The lowest BCUT2D eigenvalue weighted by Crippen LogP contribution is -2.29. The number of ketones is 1. The number of rotatable bonds is 3. The maximum Gasteiger partial charge on any atom is 0.300 e. The molecule has 1 amide bonds. The standard InChI is InChI=1S/C26H19NO3S/c1-16-7-2-5-10-20(16)27-23(21-11-6-14-31-21)22(25(29)26(27)30)24(28)19-13-12-17-8-3-4-9-18(17)15-19/h2-15,23,28H,1H3/b24-22-. The Labute approximate surface area is 183 Å². The highest BCUT2D eigenvalue weighted by Gasteiger charge is 2.47. The van der Waals surface area contributed by atoms with Crippen LogP contribution in [0.4, 0.5) is 5.69 Å². The summed E-state index contributed by atoms with van der Waals surface area (Å²) in [6.45, 7) is 1.91. The Morgan fingerprint density at radius 3 is 2.39 bits per heavy atom. The van der Waals surface area contributed by atoms with Crippen molar-refractivity contribution in [2.75, 3.05) is 4.90 Å². The molecular formula is C26H19NO3S. The number of aryl methyl sites for hydroxylation is 1. The minimum absolute atomic E-state index is 0.117. The van der Waals surface area contributed by atoms with E-state index in [2.05, 4.69) is 0 Å². The van der Waals surface area contributed by atoms with Gasteiger partial charge in [-0.15, -0.1) is 11.3 Å².